The molecule has 33 heavy (non-hydrogen) atoms. The first-order chi connectivity index (χ1) is 16.3. The van der Waals surface area contributed by atoms with Gasteiger partial charge in [-0.3, -0.25) is 0 Å². The predicted octanol–water partition coefficient (Wildman–Crippen LogP) is 4.98. The van der Waals surface area contributed by atoms with Crippen LogP contribution in [0.15, 0.2) is 91.0 Å². The summed E-state index contributed by atoms with van der Waals surface area (Å²) in [5.41, 5.74) is 3.05. The first-order valence-corrected chi connectivity index (χ1v) is 11.3. The quantitative estimate of drug-likeness (QED) is 0.224. The summed E-state index contributed by atoms with van der Waals surface area (Å²) in [5, 5.41) is 21.7. The summed E-state index contributed by atoms with van der Waals surface area (Å²) in [6, 6.07) is 30.4. The van der Waals surface area contributed by atoms with E-state index < -0.39 is 6.10 Å². The van der Waals surface area contributed by atoms with Crippen LogP contribution in [0.25, 0.3) is 32.6 Å². The third kappa shape index (κ3) is 4.75. The minimum Gasteiger partial charge on any atom is -0.490 e. The molecule has 5 heteroatoms. The number of rotatable bonds is 9. The van der Waals surface area contributed by atoms with Gasteiger partial charge >= 0.3 is 0 Å². The third-order valence-electron chi connectivity index (χ3n) is 5.75. The number of benzene rings is 4. The van der Waals surface area contributed by atoms with Crippen LogP contribution in [0.1, 0.15) is 0 Å². The molecule has 3 N–H and O–H groups in total. The lowest BCUT2D eigenvalue weighted by atomic mass is 10.1. The van der Waals surface area contributed by atoms with Crippen molar-refractivity contribution in [2.45, 2.75) is 6.10 Å². The number of aliphatic hydroxyl groups is 1. The van der Waals surface area contributed by atoms with Crippen LogP contribution in [0, 0.1) is 0 Å². The van der Waals surface area contributed by atoms with E-state index in [0.29, 0.717) is 6.54 Å². The highest BCUT2D eigenvalue weighted by Gasteiger charge is 2.09. The van der Waals surface area contributed by atoms with Crippen LogP contribution in [-0.2, 0) is 0 Å². The SMILES string of the molecule is OC(CNCCNc1c2ccccc2nc2ccccc12)COc1cccc2ccccc12. The largest absolute Gasteiger partial charge is 0.490 e. The van der Waals surface area contributed by atoms with Crippen LogP contribution in [0.2, 0.25) is 0 Å². The highest BCUT2D eigenvalue weighted by molar-refractivity contribution is 6.07. The van der Waals surface area contributed by atoms with E-state index in [9.17, 15) is 5.11 Å². The molecule has 0 saturated carbocycles. The average Bonchev–Trinajstić information content (AvgIpc) is 2.86. The molecule has 0 aliphatic rings. The summed E-state index contributed by atoms with van der Waals surface area (Å²) in [5.74, 6) is 0.797. The zero-order chi connectivity index (χ0) is 22.5. The number of fused-ring (bicyclic) bond motifs is 3. The van der Waals surface area contributed by atoms with E-state index in [1.807, 2.05) is 66.7 Å². The Kier molecular flexibility index (Phi) is 6.33. The molecule has 0 aliphatic heterocycles. The van der Waals surface area contributed by atoms with Gasteiger partial charge in [0, 0.05) is 35.8 Å². The summed E-state index contributed by atoms with van der Waals surface area (Å²) in [6.07, 6.45) is -0.591. The summed E-state index contributed by atoms with van der Waals surface area (Å²) in [4.78, 5) is 4.77. The molecule has 0 saturated heterocycles. The Morgan fingerprint density at radius 3 is 2.12 bits per heavy atom. The molecule has 1 heterocycles. The van der Waals surface area contributed by atoms with E-state index in [1.54, 1.807) is 0 Å². The normalized spacial score (nSPS) is 12.3. The van der Waals surface area contributed by atoms with E-state index in [4.69, 9.17) is 9.72 Å². The Labute approximate surface area is 193 Å². The zero-order valence-corrected chi connectivity index (χ0v) is 18.4. The van der Waals surface area contributed by atoms with Gasteiger partial charge in [0.15, 0.2) is 0 Å². The second-order valence-electron chi connectivity index (χ2n) is 8.09. The van der Waals surface area contributed by atoms with Crippen molar-refractivity contribution in [1.29, 1.82) is 0 Å². The summed E-state index contributed by atoms with van der Waals surface area (Å²) in [7, 11) is 0. The van der Waals surface area contributed by atoms with E-state index in [2.05, 4.69) is 34.9 Å². The molecule has 0 spiro atoms. The molecule has 5 nitrogen and oxygen atoms in total. The van der Waals surface area contributed by atoms with Gasteiger partial charge < -0.3 is 20.5 Å². The van der Waals surface area contributed by atoms with Crippen molar-refractivity contribution in [3.8, 4) is 5.75 Å². The number of hydrogen-bond donors (Lipinski definition) is 3. The van der Waals surface area contributed by atoms with Gasteiger partial charge in [-0.05, 0) is 23.6 Å². The van der Waals surface area contributed by atoms with Gasteiger partial charge in [-0.2, -0.15) is 0 Å². The van der Waals surface area contributed by atoms with Crippen molar-refractivity contribution in [3.63, 3.8) is 0 Å². The highest BCUT2D eigenvalue weighted by Crippen LogP contribution is 2.30. The molecule has 166 valence electrons. The van der Waals surface area contributed by atoms with E-state index >= 15 is 0 Å². The molecule has 1 aromatic heterocycles. The predicted molar refractivity (Wildman–Crippen MR) is 136 cm³/mol. The first kappa shape index (κ1) is 21.2. The Hall–Kier alpha value is -3.67. The fourth-order valence-corrected chi connectivity index (χ4v) is 4.14. The third-order valence-corrected chi connectivity index (χ3v) is 5.75. The maximum Gasteiger partial charge on any atom is 0.127 e. The number of pyridine rings is 1. The van der Waals surface area contributed by atoms with Gasteiger partial charge in [0.1, 0.15) is 18.5 Å². The second kappa shape index (κ2) is 9.86. The van der Waals surface area contributed by atoms with Gasteiger partial charge in [0.25, 0.3) is 0 Å². The van der Waals surface area contributed by atoms with Crippen LogP contribution < -0.4 is 15.4 Å². The van der Waals surface area contributed by atoms with Crippen molar-refractivity contribution in [3.05, 3.63) is 91.0 Å². The summed E-state index contributed by atoms with van der Waals surface area (Å²) in [6.45, 7) is 2.16. The number of aliphatic hydroxyl groups excluding tert-OH is 1. The van der Waals surface area contributed by atoms with Gasteiger partial charge in [-0.25, -0.2) is 4.98 Å². The summed E-state index contributed by atoms with van der Waals surface area (Å²) >= 11 is 0. The Balaban J connectivity index is 1.15. The minimum absolute atomic E-state index is 0.244. The number of nitrogens with one attached hydrogen (secondary N) is 2. The second-order valence-corrected chi connectivity index (χ2v) is 8.09. The van der Waals surface area contributed by atoms with Crippen molar-refractivity contribution in [2.75, 3.05) is 31.6 Å². The minimum atomic E-state index is -0.591. The molecule has 0 fully saturated rings. The maximum absolute atomic E-state index is 10.4. The lowest BCUT2D eigenvalue weighted by Crippen LogP contribution is -2.34. The number of hydrogen-bond acceptors (Lipinski definition) is 5. The van der Waals surface area contributed by atoms with E-state index in [-0.39, 0.29) is 6.61 Å². The first-order valence-electron chi connectivity index (χ1n) is 11.3. The lowest BCUT2D eigenvalue weighted by Gasteiger charge is -2.16. The average molecular weight is 438 g/mol. The molecule has 0 aliphatic carbocycles. The van der Waals surface area contributed by atoms with Crippen LogP contribution in [0.3, 0.4) is 0 Å². The van der Waals surface area contributed by atoms with Gasteiger partial charge in [0.05, 0.1) is 16.7 Å². The fraction of sp³-hybridized carbons (Fsp3) is 0.179. The number of para-hydroxylation sites is 2. The molecule has 0 bridgehead atoms. The Morgan fingerprint density at radius 1 is 0.727 bits per heavy atom. The highest BCUT2D eigenvalue weighted by atomic mass is 16.5. The number of anilines is 1. The van der Waals surface area contributed by atoms with Gasteiger partial charge in [0.2, 0.25) is 0 Å². The number of ether oxygens (including phenoxy) is 1. The van der Waals surface area contributed by atoms with Crippen molar-refractivity contribution in [2.24, 2.45) is 0 Å². The standard InChI is InChI=1S/C28H27N3O2/c32-21(19-33-27-15-7-9-20-8-1-2-10-22(20)27)18-29-16-17-30-28-23-11-3-5-13-25(23)31-26-14-6-4-12-24(26)28/h1-15,21,29,32H,16-19H2,(H,30,31). The van der Waals surface area contributed by atoms with Gasteiger partial charge in [-0.15, -0.1) is 0 Å². The van der Waals surface area contributed by atoms with Crippen LogP contribution in [-0.4, -0.2) is 42.4 Å². The monoisotopic (exact) mass is 437 g/mol. The number of aromatic nitrogens is 1. The molecular formula is C28H27N3O2. The molecular weight excluding hydrogens is 410 g/mol. The fourth-order valence-electron chi connectivity index (χ4n) is 4.14. The Bertz CT molecular complexity index is 1330. The Morgan fingerprint density at radius 2 is 1.36 bits per heavy atom. The van der Waals surface area contributed by atoms with Crippen LogP contribution >= 0.6 is 0 Å². The van der Waals surface area contributed by atoms with E-state index in [0.717, 1.165) is 57.1 Å². The lowest BCUT2D eigenvalue weighted by molar-refractivity contribution is 0.107. The molecule has 5 aromatic rings. The smallest absolute Gasteiger partial charge is 0.127 e. The molecule has 1 unspecified atom stereocenters. The van der Waals surface area contributed by atoms with Crippen molar-refractivity contribution < 1.29 is 9.84 Å². The maximum atomic E-state index is 10.4. The summed E-state index contributed by atoms with van der Waals surface area (Å²) < 4.78 is 5.89. The zero-order valence-electron chi connectivity index (χ0n) is 18.4. The van der Waals surface area contributed by atoms with Crippen LogP contribution in [0.4, 0.5) is 5.69 Å². The number of nitrogens with zero attached hydrogens (tertiary/aromatic N) is 1. The molecule has 5 rings (SSSR count). The van der Waals surface area contributed by atoms with Crippen molar-refractivity contribution >= 4 is 38.3 Å². The van der Waals surface area contributed by atoms with E-state index in [1.165, 1.54) is 0 Å². The van der Waals surface area contributed by atoms with Crippen LogP contribution in [0.5, 0.6) is 5.75 Å². The molecule has 0 radical (unpaired) electrons. The van der Waals surface area contributed by atoms with Crippen molar-refractivity contribution in [1.82, 2.24) is 10.3 Å². The molecule has 0 amide bonds. The molecule has 4 aromatic carbocycles. The molecule has 1 atom stereocenters. The topological polar surface area (TPSA) is 66.4 Å². The van der Waals surface area contributed by atoms with Gasteiger partial charge in [-0.1, -0.05) is 72.8 Å².